The van der Waals surface area contributed by atoms with E-state index in [1.807, 2.05) is 6.92 Å². The van der Waals surface area contributed by atoms with Gasteiger partial charge in [-0.1, -0.05) is 6.92 Å². The summed E-state index contributed by atoms with van der Waals surface area (Å²) < 4.78 is 4.91. The Kier molecular flexibility index (Phi) is 3.34. The average Bonchev–Trinajstić information content (AvgIpc) is 2.37. The molecule has 0 spiro atoms. The van der Waals surface area contributed by atoms with Gasteiger partial charge in [-0.25, -0.2) is 4.79 Å². The van der Waals surface area contributed by atoms with Crippen LogP contribution in [0.1, 0.15) is 19.8 Å². The van der Waals surface area contributed by atoms with Crippen molar-refractivity contribution in [3.05, 3.63) is 0 Å². The molecular weight excluding hydrogens is 156 g/mol. The molecule has 0 bridgehead atoms. The summed E-state index contributed by atoms with van der Waals surface area (Å²) in [5.74, 6) is 0. The molecule has 70 valence electrons. The Morgan fingerprint density at radius 2 is 2.50 bits per heavy atom. The molecule has 1 saturated heterocycles. The van der Waals surface area contributed by atoms with Crippen molar-refractivity contribution in [3.63, 3.8) is 0 Å². The van der Waals surface area contributed by atoms with Gasteiger partial charge in [0.25, 0.3) is 0 Å². The van der Waals surface area contributed by atoms with Gasteiger partial charge < -0.3 is 15.4 Å². The smallest absolute Gasteiger partial charge is 0.410 e. The minimum atomic E-state index is -0.185. The van der Waals surface area contributed by atoms with Gasteiger partial charge in [0, 0.05) is 6.54 Å². The second-order valence-corrected chi connectivity index (χ2v) is 3.00. The third kappa shape index (κ3) is 1.88. The molecule has 1 aliphatic heterocycles. The van der Waals surface area contributed by atoms with Crippen LogP contribution in [0.4, 0.5) is 4.79 Å². The van der Waals surface area contributed by atoms with Crippen LogP contribution in [0.5, 0.6) is 0 Å². The van der Waals surface area contributed by atoms with Crippen molar-refractivity contribution in [2.45, 2.75) is 25.8 Å². The van der Waals surface area contributed by atoms with Crippen LogP contribution >= 0.6 is 0 Å². The monoisotopic (exact) mass is 172 g/mol. The van der Waals surface area contributed by atoms with Crippen LogP contribution in [0.25, 0.3) is 0 Å². The number of hydrogen-bond acceptors (Lipinski definition) is 3. The van der Waals surface area contributed by atoms with E-state index in [4.69, 9.17) is 10.5 Å². The van der Waals surface area contributed by atoms with Crippen LogP contribution in [0.15, 0.2) is 0 Å². The van der Waals surface area contributed by atoms with Gasteiger partial charge in [0.05, 0.1) is 6.04 Å². The highest BCUT2D eigenvalue weighted by atomic mass is 16.6. The number of carbonyl (C=O) groups is 1. The molecule has 4 heteroatoms. The normalized spacial score (nSPS) is 23.0. The molecular formula is C8H16N2O2. The molecule has 0 aromatic rings. The predicted octanol–water partition coefficient (Wildman–Crippen LogP) is 0.566. The fourth-order valence-electron chi connectivity index (χ4n) is 1.44. The summed E-state index contributed by atoms with van der Waals surface area (Å²) in [6, 6.07) is 0.211. The Morgan fingerprint density at radius 3 is 3.08 bits per heavy atom. The first-order valence-electron chi connectivity index (χ1n) is 4.43. The maximum atomic E-state index is 11.1. The van der Waals surface area contributed by atoms with Crippen LogP contribution in [-0.2, 0) is 4.74 Å². The summed E-state index contributed by atoms with van der Waals surface area (Å²) in [7, 11) is 0. The van der Waals surface area contributed by atoms with Gasteiger partial charge >= 0.3 is 6.09 Å². The SMILES string of the molecule is CCCN1C(=O)OCC1CCN. The molecule has 0 saturated carbocycles. The number of cyclic esters (lactones) is 1. The molecule has 4 nitrogen and oxygen atoms in total. The first-order valence-corrected chi connectivity index (χ1v) is 4.43. The van der Waals surface area contributed by atoms with Crippen LogP contribution in [0.2, 0.25) is 0 Å². The highest BCUT2D eigenvalue weighted by Gasteiger charge is 2.30. The summed E-state index contributed by atoms with van der Waals surface area (Å²) >= 11 is 0. The number of nitrogens with zero attached hydrogens (tertiary/aromatic N) is 1. The number of rotatable bonds is 4. The van der Waals surface area contributed by atoms with Crippen molar-refractivity contribution in [1.82, 2.24) is 4.90 Å². The molecule has 2 N–H and O–H groups in total. The van der Waals surface area contributed by atoms with Gasteiger partial charge in [-0.05, 0) is 19.4 Å². The first-order chi connectivity index (χ1) is 5.79. The summed E-state index contributed by atoms with van der Waals surface area (Å²) in [4.78, 5) is 12.9. The maximum absolute atomic E-state index is 11.1. The molecule has 0 aliphatic carbocycles. The number of amides is 1. The van der Waals surface area contributed by atoms with Gasteiger partial charge in [-0.15, -0.1) is 0 Å². The fraction of sp³-hybridized carbons (Fsp3) is 0.875. The zero-order valence-corrected chi connectivity index (χ0v) is 7.45. The molecule has 1 amide bonds. The van der Waals surface area contributed by atoms with Crippen molar-refractivity contribution in [3.8, 4) is 0 Å². The molecule has 1 aliphatic rings. The lowest BCUT2D eigenvalue weighted by Gasteiger charge is -2.19. The zero-order valence-electron chi connectivity index (χ0n) is 7.45. The van der Waals surface area contributed by atoms with Gasteiger partial charge in [-0.2, -0.15) is 0 Å². The molecule has 12 heavy (non-hydrogen) atoms. The van der Waals surface area contributed by atoms with Crippen LogP contribution in [0, 0.1) is 0 Å². The van der Waals surface area contributed by atoms with Gasteiger partial charge in [0.2, 0.25) is 0 Å². The highest BCUT2D eigenvalue weighted by molar-refractivity contribution is 5.70. The zero-order chi connectivity index (χ0) is 8.97. The standard InChI is InChI=1S/C8H16N2O2/c1-2-5-10-7(3-4-9)6-12-8(10)11/h7H,2-6,9H2,1H3. The maximum Gasteiger partial charge on any atom is 0.410 e. The lowest BCUT2D eigenvalue weighted by Crippen LogP contribution is -2.35. The van der Waals surface area contributed by atoms with Crippen molar-refractivity contribution in [1.29, 1.82) is 0 Å². The highest BCUT2D eigenvalue weighted by Crippen LogP contribution is 2.14. The molecule has 0 radical (unpaired) electrons. The van der Waals surface area contributed by atoms with Gasteiger partial charge in [0.1, 0.15) is 6.61 Å². The molecule has 0 aromatic carbocycles. The third-order valence-corrected chi connectivity index (χ3v) is 2.04. The molecule has 1 fully saturated rings. The second-order valence-electron chi connectivity index (χ2n) is 3.00. The molecule has 1 atom stereocenters. The second kappa shape index (κ2) is 4.30. The Labute approximate surface area is 72.7 Å². The predicted molar refractivity (Wildman–Crippen MR) is 45.8 cm³/mol. The first kappa shape index (κ1) is 9.32. The number of hydrogen-bond donors (Lipinski definition) is 1. The summed E-state index contributed by atoms with van der Waals surface area (Å²) in [6.45, 7) is 3.95. The Morgan fingerprint density at radius 1 is 1.75 bits per heavy atom. The van der Waals surface area contributed by atoms with Crippen molar-refractivity contribution in [2.75, 3.05) is 19.7 Å². The van der Waals surface area contributed by atoms with Crippen LogP contribution in [-0.4, -0.2) is 36.7 Å². The fourth-order valence-corrected chi connectivity index (χ4v) is 1.44. The summed E-state index contributed by atoms with van der Waals surface area (Å²) in [6.07, 6.45) is 1.62. The van der Waals surface area contributed by atoms with E-state index in [1.165, 1.54) is 0 Å². The Bertz CT molecular complexity index is 161. The van der Waals surface area contributed by atoms with E-state index in [1.54, 1.807) is 4.90 Å². The van der Waals surface area contributed by atoms with E-state index >= 15 is 0 Å². The van der Waals surface area contributed by atoms with E-state index in [9.17, 15) is 4.79 Å². The minimum absolute atomic E-state index is 0.185. The largest absolute Gasteiger partial charge is 0.447 e. The molecule has 0 aromatic heterocycles. The lowest BCUT2D eigenvalue weighted by molar-refractivity contribution is 0.157. The van der Waals surface area contributed by atoms with E-state index in [-0.39, 0.29) is 12.1 Å². The van der Waals surface area contributed by atoms with Crippen LogP contribution in [0.3, 0.4) is 0 Å². The van der Waals surface area contributed by atoms with Crippen molar-refractivity contribution < 1.29 is 9.53 Å². The number of nitrogens with two attached hydrogens (primary N) is 1. The van der Waals surface area contributed by atoms with E-state index < -0.39 is 0 Å². The third-order valence-electron chi connectivity index (χ3n) is 2.04. The van der Waals surface area contributed by atoms with Gasteiger partial charge in [-0.3, -0.25) is 0 Å². The minimum Gasteiger partial charge on any atom is -0.447 e. The van der Waals surface area contributed by atoms with E-state index in [0.29, 0.717) is 13.2 Å². The molecule has 1 heterocycles. The number of carbonyl (C=O) groups excluding carboxylic acids is 1. The Hall–Kier alpha value is -0.770. The Balaban J connectivity index is 2.45. The summed E-state index contributed by atoms with van der Waals surface area (Å²) in [5.41, 5.74) is 5.42. The molecule has 1 rings (SSSR count). The topological polar surface area (TPSA) is 55.6 Å². The number of ether oxygens (including phenoxy) is 1. The molecule has 1 unspecified atom stereocenters. The van der Waals surface area contributed by atoms with Crippen LogP contribution < -0.4 is 5.73 Å². The van der Waals surface area contributed by atoms with E-state index in [2.05, 4.69) is 0 Å². The average molecular weight is 172 g/mol. The van der Waals surface area contributed by atoms with Crippen molar-refractivity contribution in [2.24, 2.45) is 5.73 Å². The van der Waals surface area contributed by atoms with Crippen molar-refractivity contribution >= 4 is 6.09 Å². The lowest BCUT2D eigenvalue weighted by atomic mass is 10.2. The van der Waals surface area contributed by atoms with E-state index in [0.717, 1.165) is 19.4 Å². The quantitative estimate of drug-likeness (QED) is 0.674. The summed E-state index contributed by atoms with van der Waals surface area (Å²) in [5, 5.41) is 0. The van der Waals surface area contributed by atoms with Gasteiger partial charge in [0.15, 0.2) is 0 Å².